The minimum atomic E-state index is -4.50. The summed E-state index contributed by atoms with van der Waals surface area (Å²) < 4.78 is 37.6. The number of ether oxygens (including phenoxy) is 1. The van der Waals surface area contributed by atoms with E-state index >= 15 is 0 Å². The van der Waals surface area contributed by atoms with Crippen LogP contribution in [0.4, 0.5) is 0 Å². The predicted octanol–water partition coefficient (Wildman–Crippen LogP) is 0.606. The average Bonchev–Trinajstić information content (AvgIpc) is 2.63. The molecule has 0 spiro atoms. The number of carbonyl (C=O) groups is 1. The molecule has 1 heterocycles. The lowest BCUT2D eigenvalue weighted by Gasteiger charge is -2.39. The van der Waals surface area contributed by atoms with E-state index in [1.54, 1.807) is 6.92 Å². The topological polar surface area (TPSA) is 80.7 Å². The van der Waals surface area contributed by atoms with Crippen LogP contribution in [0.15, 0.2) is 0 Å². The van der Waals surface area contributed by atoms with E-state index in [0.29, 0.717) is 12.8 Å². The molecule has 3 fully saturated rings. The summed E-state index contributed by atoms with van der Waals surface area (Å²) in [7, 11) is -4.50. The largest absolute Gasteiger partial charge is 0.350 e. The molecule has 3 aliphatic rings. The van der Waals surface area contributed by atoms with Crippen LogP contribution in [0.1, 0.15) is 26.7 Å². The van der Waals surface area contributed by atoms with Gasteiger partial charge in [0.1, 0.15) is 0 Å². The summed E-state index contributed by atoms with van der Waals surface area (Å²) in [5.74, 6) is -0.847. The lowest BCUT2D eigenvalue weighted by atomic mass is 9.69. The molecule has 3 rings (SSSR count). The Morgan fingerprint density at radius 3 is 2.44 bits per heavy atom. The third-order valence-electron chi connectivity index (χ3n) is 5.21. The molecule has 90 valence electrons. The maximum Gasteiger partial charge on any atom is 0.303 e. The van der Waals surface area contributed by atoms with Crippen molar-refractivity contribution in [2.75, 3.05) is 6.61 Å². The maximum atomic E-state index is 12.3. The predicted molar refractivity (Wildman–Crippen MR) is 54.2 cm³/mol. The van der Waals surface area contributed by atoms with E-state index in [9.17, 15) is 17.8 Å². The quantitative estimate of drug-likeness (QED) is 0.685. The molecule has 5 nitrogen and oxygen atoms in total. The highest BCUT2D eigenvalue weighted by Crippen LogP contribution is 2.73. The van der Waals surface area contributed by atoms with Crippen molar-refractivity contribution in [2.24, 2.45) is 16.7 Å². The van der Waals surface area contributed by atoms with E-state index in [1.165, 1.54) is 0 Å². The van der Waals surface area contributed by atoms with Gasteiger partial charge in [-0.2, -0.15) is 8.42 Å². The zero-order valence-electron chi connectivity index (χ0n) is 9.19. The molecule has 6 heteroatoms. The fourth-order valence-electron chi connectivity index (χ4n) is 4.00. The number of hydrogen-bond acceptors (Lipinski definition) is 4. The standard InChI is InChI=1S/C10H14O5S/c1-8-4-3-6-9(8,2)5-15-10(6,7(8)11)16(12,13)14/h6H,3-5H2,1-2H3,(H,12,13,14)/t6-,8-,9+,10-/m0/s1. The second-order valence-corrected chi connectivity index (χ2v) is 7.16. The van der Waals surface area contributed by atoms with Crippen molar-refractivity contribution in [3.63, 3.8) is 0 Å². The van der Waals surface area contributed by atoms with Gasteiger partial charge in [-0.3, -0.25) is 9.35 Å². The first kappa shape index (κ1) is 10.7. The average molecular weight is 246 g/mol. The van der Waals surface area contributed by atoms with Crippen LogP contribution >= 0.6 is 0 Å². The first-order chi connectivity index (χ1) is 7.20. The van der Waals surface area contributed by atoms with Crippen LogP contribution in [0.3, 0.4) is 0 Å². The molecule has 0 radical (unpaired) electrons. The van der Waals surface area contributed by atoms with Crippen molar-refractivity contribution in [3.8, 4) is 0 Å². The molecule has 0 aromatic rings. The van der Waals surface area contributed by atoms with Crippen molar-refractivity contribution in [1.29, 1.82) is 0 Å². The Kier molecular flexibility index (Phi) is 1.58. The summed E-state index contributed by atoms with van der Waals surface area (Å²) >= 11 is 0. The van der Waals surface area contributed by atoms with Crippen LogP contribution in [0.25, 0.3) is 0 Å². The van der Waals surface area contributed by atoms with Gasteiger partial charge < -0.3 is 4.74 Å². The Hall–Kier alpha value is -0.460. The van der Waals surface area contributed by atoms with Crippen LogP contribution in [-0.2, 0) is 19.6 Å². The van der Waals surface area contributed by atoms with Gasteiger partial charge in [-0.05, 0) is 12.8 Å². The molecule has 2 saturated carbocycles. The van der Waals surface area contributed by atoms with Crippen molar-refractivity contribution < 1.29 is 22.5 Å². The van der Waals surface area contributed by atoms with Crippen LogP contribution in [-0.4, -0.2) is 30.3 Å². The fourth-order valence-corrected chi connectivity index (χ4v) is 5.41. The molecular weight excluding hydrogens is 232 g/mol. The zero-order chi connectivity index (χ0) is 12.0. The van der Waals surface area contributed by atoms with Gasteiger partial charge in [0, 0.05) is 16.7 Å². The van der Waals surface area contributed by atoms with Gasteiger partial charge in [-0.1, -0.05) is 13.8 Å². The summed E-state index contributed by atoms with van der Waals surface area (Å²) in [5.41, 5.74) is -1.11. The summed E-state index contributed by atoms with van der Waals surface area (Å²) in [5, 5.41) is 0. The second-order valence-electron chi connectivity index (χ2n) is 5.60. The van der Waals surface area contributed by atoms with E-state index in [0.717, 1.165) is 0 Å². The molecular formula is C10H14O5S. The molecule has 1 aliphatic heterocycles. The van der Waals surface area contributed by atoms with Gasteiger partial charge in [-0.25, -0.2) is 0 Å². The number of carbonyl (C=O) groups excluding carboxylic acids is 1. The van der Waals surface area contributed by atoms with Crippen molar-refractivity contribution >= 4 is 15.9 Å². The zero-order valence-corrected chi connectivity index (χ0v) is 10.0. The Morgan fingerprint density at radius 2 is 2.06 bits per heavy atom. The lowest BCUT2D eigenvalue weighted by Crippen LogP contribution is -2.55. The van der Waals surface area contributed by atoms with Gasteiger partial charge >= 0.3 is 10.1 Å². The molecule has 0 aromatic heterocycles. The lowest BCUT2D eigenvalue weighted by molar-refractivity contribution is -0.151. The van der Waals surface area contributed by atoms with Crippen molar-refractivity contribution in [2.45, 2.75) is 31.6 Å². The molecule has 2 aliphatic carbocycles. The van der Waals surface area contributed by atoms with Crippen LogP contribution in [0, 0.1) is 16.7 Å². The van der Waals surface area contributed by atoms with Crippen LogP contribution in [0.2, 0.25) is 0 Å². The molecule has 16 heavy (non-hydrogen) atoms. The first-order valence-corrected chi connectivity index (χ1v) is 6.80. The van der Waals surface area contributed by atoms with E-state index in [1.807, 2.05) is 6.92 Å². The molecule has 1 saturated heterocycles. The van der Waals surface area contributed by atoms with Gasteiger partial charge in [0.05, 0.1) is 6.61 Å². The second kappa shape index (κ2) is 2.37. The molecule has 0 aromatic carbocycles. The van der Waals surface area contributed by atoms with Crippen molar-refractivity contribution in [3.05, 3.63) is 0 Å². The highest BCUT2D eigenvalue weighted by Gasteiger charge is 2.84. The van der Waals surface area contributed by atoms with Gasteiger partial charge in [0.25, 0.3) is 4.93 Å². The Morgan fingerprint density at radius 1 is 1.44 bits per heavy atom. The first-order valence-electron chi connectivity index (χ1n) is 5.36. The van der Waals surface area contributed by atoms with Crippen LogP contribution in [0.5, 0.6) is 0 Å². The van der Waals surface area contributed by atoms with Gasteiger partial charge in [0.15, 0.2) is 5.78 Å². The monoisotopic (exact) mass is 246 g/mol. The van der Waals surface area contributed by atoms with E-state index in [4.69, 9.17) is 4.74 Å². The molecule has 0 unspecified atom stereocenters. The summed E-state index contributed by atoms with van der Waals surface area (Å²) in [6.07, 6.45) is 1.31. The van der Waals surface area contributed by atoms with Gasteiger partial charge in [0.2, 0.25) is 0 Å². The summed E-state index contributed by atoms with van der Waals surface area (Å²) in [6.45, 7) is 3.92. The normalized spacial score (nSPS) is 54.9. The number of hydrogen-bond donors (Lipinski definition) is 1. The summed E-state index contributed by atoms with van der Waals surface area (Å²) in [4.78, 5) is 10.3. The summed E-state index contributed by atoms with van der Waals surface area (Å²) in [6, 6.07) is 0. The van der Waals surface area contributed by atoms with Crippen molar-refractivity contribution in [1.82, 2.24) is 0 Å². The number of Topliss-reactive ketones (excluding diaryl/α,β-unsaturated/α-hetero) is 1. The molecule has 4 bridgehead atoms. The molecule has 4 atom stereocenters. The SMILES string of the molecule is C[C@@]12CC[C@H]3[C@@]1(C)CO[C@@]3(S(=O)(=O)O)C2=O. The van der Waals surface area contributed by atoms with E-state index in [-0.39, 0.29) is 6.61 Å². The molecule has 1 N–H and O–H groups in total. The Labute approximate surface area is 93.9 Å². The highest BCUT2D eigenvalue weighted by molar-refractivity contribution is 7.88. The van der Waals surface area contributed by atoms with E-state index < -0.39 is 37.6 Å². The van der Waals surface area contributed by atoms with Gasteiger partial charge in [-0.15, -0.1) is 0 Å². The third-order valence-corrected chi connectivity index (χ3v) is 6.56. The highest BCUT2D eigenvalue weighted by atomic mass is 32.2. The maximum absolute atomic E-state index is 12.3. The minimum absolute atomic E-state index is 0.236. The number of ketones is 1. The third kappa shape index (κ3) is 0.716. The Balaban J connectivity index is 2.31. The Bertz CT molecular complexity index is 497. The smallest absolute Gasteiger partial charge is 0.303 e. The number of rotatable bonds is 1. The minimum Gasteiger partial charge on any atom is -0.350 e. The fraction of sp³-hybridized carbons (Fsp3) is 0.900. The van der Waals surface area contributed by atoms with E-state index in [2.05, 4.69) is 0 Å². The molecule has 0 amide bonds. The van der Waals surface area contributed by atoms with Crippen LogP contribution < -0.4 is 0 Å².